The zero-order valence-corrected chi connectivity index (χ0v) is 14.8. The summed E-state index contributed by atoms with van der Waals surface area (Å²) < 4.78 is 33.1. The Morgan fingerprint density at radius 1 is 1.12 bits per heavy atom. The molecule has 2 aromatic carbocycles. The van der Waals surface area contributed by atoms with Crippen LogP contribution in [0.1, 0.15) is 18.2 Å². The van der Waals surface area contributed by atoms with Gasteiger partial charge in [0.15, 0.2) is 5.76 Å². The number of fused-ring (bicyclic) bond motifs is 1. The van der Waals surface area contributed by atoms with Crippen LogP contribution < -0.4 is 4.31 Å². The molecular weight excluding hydrogens is 336 g/mol. The lowest BCUT2D eigenvalue weighted by Crippen LogP contribution is -2.35. The van der Waals surface area contributed by atoms with Crippen LogP contribution in [0.2, 0.25) is 0 Å². The number of benzene rings is 2. The maximum atomic E-state index is 13.1. The third-order valence-electron chi connectivity index (χ3n) is 4.47. The van der Waals surface area contributed by atoms with Gasteiger partial charge < -0.3 is 4.52 Å². The van der Waals surface area contributed by atoms with Gasteiger partial charge in [0, 0.05) is 17.7 Å². The summed E-state index contributed by atoms with van der Waals surface area (Å²) in [6.45, 7) is 3.78. The number of para-hydroxylation sites is 1. The first-order chi connectivity index (χ1) is 12.0. The van der Waals surface area contributed by atoms with Crippen LogP contribution >= 0.6 is 0 Å². The molecule has 0 spiro atoms. The molecular formula is C19H18N2O3S. The first-order valence-electron chi connectivity index (χ1n) is 8.13. The lowest BCUT2D eigenvalue weighted by atomic mass is 10.1. The topological polar surface area (TPSA) is 63.4 Å². The van der Waals surface area contributed by atoms with Gasteiger partial charge in [-0.1, -0.05) is 23.4 Å². The van der Waals surface area contributed by atoms with Crippen molar-refractivity contribution in [1.82, 2.24) is 5.16 Å². The smallest absolute Gasteiger partial charge is 0.264 e. The van der Waals surface area contributed by atoms with E-state index < -0.39 is 10.0 Å². The fourth-order valence-corrected chi connectivity index (χ4v) is 5.00. The van der Waals surface area contributed by atoms with E-state index in [4.69, 9.17) is 4.52 Å². The Morgan fingerprint density at radius 3 is 2.52 bits per heavy atom. The third kappa shape index (κ3) is 2.62. The van der Waals surface area contributed by atoms with Gasteiger partial charge in [0.1, 0.15) is 0 Å². The fourth-order valence-electron chi connectivity index (χ4n) is 3.31. The van der Waals surface area contributed by atoms with E-state index in [0.717, 1.165) is 28.9 Å². The van der Waals surface area contributed by atoms with Crippen LogP contribution in [0.15, 0.2) is 64.0 Å². The summed E-state index contributed by atoms with van der Waals surface area (Å²) in [6, 6.07) is 16.1. The molecule has 4 rings (SSSR count). The second-order valence-corrected chi connectivity index (χ2v) is 8.15. The van der Waals surface area contributed by atoms with Crippen LogP contribution in [-0.4, -0.2) is 19.6 Å². The number of aryl methyl sites for hydroxylation is 1. The van der Waals surface area contributed by atoms with Gasteiger partial charge in [-0.05, 0) is 56.2 Å². The molecule has 2 heterocycles. The minimum absolute atomic E-state index is 0.0981. The Kier molecular flexibility index (Phi) is 3.65. The van der Waals surface area contributed by atoms with E-state index in [1.54, 1.807) is 24.3 Å². The average molecular weight is 354 g/mol. The standard InChI is InChI=1S/C19H18N2O3S/c1-13-11-19(24-20-13)15-7-9-17(10-8-15)25(22,23)21-14(2)12-16-5-3-4-6-18(16)21/h3-11,14H,12H2,1-2H3. The van der Waals surface area contributed by atoms with Crippen molar-refractivity contribution in [3.63, 3.8) is 0 Å². The maximum absolute atomic E-state index is 13.1. The predicted molar refractivity (Wildman–Crippen MR) is 95.9 cm³/mol. The summed E-state index contributed by atoms with van der Waals surface area (Å²) in [4.78, 5) is 0.274. The second kappa shape index (κ2) is 5.74. The third-order valence-corrected chi connectivity index (χ3v) is 6.41. The number of rotatable bonds is 3. The summed E-state index contributed by atoms with van der Waals surface area (Å²) in [6.07, 6.45) is 0.727. The Morgan fingerprint density at radius 2 is 1.84 bits per heavy atom. The minimum Gasteiger partial charge on any atom is -0.356 e. The van der Waals surface area contributed by atoms with Crippen molar-refractivity contribution in [3.8, 4) is 11.3 Å². The minimum atomic E-state index is -3.61. The molecule has 0 aliphatic carbocycles. The van der Waals surface area contributed by atoms with E-state index in [-0.39, 0.29) is 10.9 Å². The van der Waals surface area contributed by atoms with E-state index >= 15 is 0 Å². The van der Waals surface area contributed by atoms with Crippen LogP contribution in [0, 0.1) is 6.92 Å². The molecule has 6 heteroatoms. The normalized spacial score (nSPS) is 16.9. The number of hydrogen-bond donors (Lipinski definition) is 0. The number of aromatic nitrogens is 1. The van der Waals surface area contributed by atoms with Gasteiger partial charge in [0.25, 0.3) is 10.0 Å². The Bertz CT molecular complexity index is 1020. The van der Waals surface area contributed by atoms with Crippen molar-refractivity contribution in [2.24, 2.45) is 0 Å². The molecule has 128 valence electrons. The highest BCUT2D eigenvalue weighted by molar-refractivity contribution is 7.92. The van der Waals surface area contributed by atoms with E-state index in [1.165, 1.54) is 4.31 Å². The lowest BCUT2D eigenvalue weighted by Gasteiger charge is -2.24. The maximum Gasteiger partial charge on any atom is 0.264 e. The summed E-state index contributed by atoms with van der Waals surface area (Å²) in [7, 11) is -3.61. The van der Waals surface area contributed by atoms with Crippen molar-refractivity contribution < 1.29 is 12.9 Å². The number of hydrogen-bond acceptors (Lipinski definition) is 4. The van der Waals surface area contributed by atoms with E-state index in [2.05, 4.69) is 5.16 Å². The van der Waals surface area contributed by atoms with Crippen LogP contribution in [0.3, 0.4) is 0 Å². The monoisotopic (exact) mass is 354 g/mol. The van der Waals surface area contributed by atoms with Crippen LogP contribution in [0.25, 0.3) is 11.3 Å². The Balaban J connectivity index is 1.71. The second-order valence-electron chi connectivity index (χ2n) is 6.34. The fraction of sp³-hybridized carbons (Fsp3) is 0.211. The summed E-state index contributed by atoms with van der Waals surface area (Å²) >= 11 is 0. The molecule has 0 N–H and O–H groups in total. The van der Waals surface area contributed by atoms with Crippen LogP contribution in [0.5, 0.6) is 0 Å². The number of sulfonamides is 1. The number of nitrogens with zero attached hydrogens (tertiary/aromatic N) is 2. The lowest BCUT2D eigenvalue weighted by molar-refractivity contribution is 0.427. The average Bonchev–Trinajstić information content (AvgIpc) is 3.17. The van der Waals surface area contributed by atoms with Gasteiger partial charge in [-0.15, -0.1) is 0 Å². The van der Waals surface area contributed by atoms with Gasteiger partial charge in [-0.25, -0.2) is 8.42 Å². The van der Waals surface area contributed by atoms with Crippen LogP contribution in [-0.2, 0) is 16.4 Å². The summed E-state index contributed by atoms with van der Waals surface area (Å²) in [5, 5.41) is 3.86. The van der Waals surface area contributed by atoms with Crippen molar-refractivity contribution >= 4 is 15.7 Å². The van der Waals surface area contributed by atoms with Gasteiger partial charge in [-0.2, -0.15) is 0 Å². The molecule has 0 amide bonds. The molecule has 1 aliphatic rings. The van der Waals surface area contributed by atoms with Crippen molar-refractivity contribution in [2.45, 2.75) is 31.2 Å². The zero-order valence-electron chi connectivity index (χ0n) is 14.0. The molecule has 3 aromatic rings. The first-order valence-corrected chi connectivity index (χ1v) is 9.57. The predicted octanol–water partition coefficient (Wildman–Crippen LogP) is 3.79. The molecule has 0 radical (unpaired) electrons. The van der Waals surface area contributed by atoms with Crippen molar-refractivity contribution in [3.05, 3.63) is 65.9 Å². The molecule has 0 saturated carbocycles. The summed E-state index contributed by atoms with van der Waals surface area (Å²) in [5.74, 6) is 0.626. The molecule has 5 nitrogen and oxygen atoms in total. The van der Waals surface area contributed by atoms with E-state index in [0.29, 0.717) is 5.76 Å². The molecule has 1 unspecified atom stereocenters. The van der Waals surface area contributed by atoms with Crippen molar-refractivity contribution in [1.29, 1.82) is 0 Å². The molecule has 0 saturated heterocycles. The van der Waals surface area contributed by atoms with Crippen LogP contribution in [0.4, 0.5) is 5.69 Å². The highest BCUT2D eigenvalue weighted by Crippen LogP contribution is 2.36. The quantitative estimate of drug-likeness (QED) is 0.718. The Hall–Kier alpha value is -2.60. The highest BCUT2D eigenvalue weighted by atomic mass is 32.2. The molecule has 0 bridgehead atoms. The molecule has 1 aromatic heterocycles. The van der Waals surface area contributed by atoms with Crippen molar-refractivity contribution in [2.75, 3.05) is 4.31 Å². The first kappa shape index (κ1) is 15.9. The van der Waals surface area contributed by atoms with E-state index in [9.17, 15) is 8.42 Å². The Labute approximate surface area is 146 Å². The summed E-state index contributed by atoms with van der Waals surface area (Å²) in [5.41, 5.74) is 3.42. The molecule has 0 fully saturated rings. The molecule has 1 aliphatic heterocycles. The molecule has 25 heavy (non-hydrogen) atoms. The zero-order chi connectivity index (χ0) is 17.6. The largest absolute Gasteiger partial charge is 0.356 e. The number of anilines is 1. The van der Waals surface area contributed by atoms with Gasteiger partial charge in [-0.3, -0.25) is 4.31 Å². The highest BCUT2D eigenvalue weighted by Gasteiger charge is 2.35. The van der Waals surface area contributed by atoms with E-state index in [1.807, 2.05) is 44.2 Å². The SMILES string of the molecule is Cc1cc(-c2ccc(S(=O)(=O)N3c4ccccc4CC3C)cc2)on1. The van der Waals surface area contributed by atoms with Gasteiger partial charge in [0.05, 0.1) is 16.3 Å². The van der Waals surface area contributed by atoms with Gasteiger partial charge in [0.2, 0.25) is 0 Å². The van der Waals surface area contributed by atoms with Gasteiger partial charge >= 0.3 is 0 Å². The molecule has 1 atom stereocenters.